The number of hydrogen-bond donors (Lipinski definition) is 2. The van der Waals surface area contributed by atoms with Crippen LogP contribution in [0, 0.1) is 0 Å². The van der Waals surface area contributed by atoms with Crippen molar-refractivity contribution in [2.75, 3.05) is 19.9 Å². The highest BCUT2D eigenvalue weighted by molar-refractivity contribution is 9.10. The van der Waals surface area contributed by atoms with E-state index in [9.17, 15) is 4.79 Å². The molecule has 0 saturated heterocycles. The first kappa shape index (κ1) is 12.2. The third-order valence-corrected chi connectivity index (χ3v) is 2.94. The van der Waals surface area contributed by atoms with Crippen LogP contribution >= 0.6 is 15.9 Å². The minimum Gasteiger partial charge on any atom is -0.454 e. The molecule has 0 fully saturated rings. The molecule has 17 heavy (non-hydrogen) atoms. The predicted octanol–water partition coefficient (Wildman–Crippen LogP) is 1.26. The Morgan fingerprint density at radius 3 is 3.06 bits per heavy atom. The average molecular weight is 301 g/mol. The van der Waals surface area contributed by atoms with E-state index >= 15 is 0 Å². The second-order valence-electron chi connectivity index (χ2n) is 3.59. The maximum atomic E-state index is 11.8. The van der Waals surface area contributed by atoms with Crippen molar-refractivity contribution in [2.45, 2.75) is 6.42 Å². The second-order valence-corrected chi connectivity index (χ2v) is 4.44. The van der Waals surface area contributed by atoms with Gasteiger partial charge in [-0.2, -0.15) is 0 Å². The molecule has 0 spiro atoms. The van der Waals surface area contributed by atoms with Crippen molar-refractivity contribution in [3.05, 3.63) is 22.2 Å². The molecule has 1 aromatic carbocycles. The van der Waals surface area contributed by atoms with Crippen molar-refractivity contribution >= 4 is 21.8 Å². The standard InChI is InChI=1S/C11H13BrN2O3/c12-8-4-7(11(15)14-3-1-2-13)5-9-10(8)17-6-16-9/h4-5H,1-3,6,13H2,(H,14,15). The fourth-order valence-corrected chi connectivity index (χ4v) is 2.06. The zero-order valence-corrected chi connectivity index (χ0v) is 10.7. The Kier molecular flexibility index (Phi) is 3.86. The maximum absolute atomic E-state index is 11.8. The van der Waals surface area contributed by atoms with Gasteiger partial charge < -0.3 is 20.5 Å². The molecule has 3 N–H and O–H groups in total. The fourth-order valence-electron chi connectivity index (χ4n) is 1.50. The van der Waals surface area contributed by atoms with Gasteiger partial charge in [0.25, 0.3) is 5.91 Å². The lowest BCUT2D eigenvalue weighted by Gasteiger charge is -2.06. The number of ether oxygens (including phenoxy) is 2. The zero-order chi connectivity index (χ0) is 12.3. The van der Waals surface area contributed by atoms with Crippen molar-refractivity contribution in [3.8, 4) is 11.5 Å². The Morgan fingerprint density at radius 1 is 1.47 bits per heavy atom. The van der Waals surface area contributed by atoms with Gasteiger partial charge in [-0.3, -0.25) is 4.79 Å². The molecule has 2 rings (SSSR count). The van der Waals surface area contributed by atoms with Gasteiger partial charge in [-0.05, 0) is 41.0 Å². The van der Waals surface area contributed by atoms with Gasteiger partial charge in [-0.25, -0.2) is 0 Å². The van der Waals surface area contributed by atoms with E-state index in [1.54, 1.807) is 12.1 Å². The molecule has 1 aliphatic heterocycles. The molecule has 0 saturated carbocycles. The minimum atomic E-state index is -0.141. The maximum Gasteiger partial charge on any atom is 0.251 e. The molecule has 0 atom stereocenters. The Hall–Kier alpha value is -1.27. The number of benzene rings is 1. The molecule has 1 heterocycles. The number of halogens is 1. The molecule has 0 bridgehead atoms. The van der Waals surface area contributed by atoms with Gasteiger partial charge in [0.2, 0.25) is 6.79 Å². The van der Waals surface area contributed by atoms with Crippen molar-refractivity contribution in [2.24, 2.45) is 5.73 Å². The van der Waals surface area contributed by atoms with Crippen LogP contribution < -0.4 is 20.5 Å². The largest absolute Gasteiger partial charge is 0.454 e. The van der Waals surface area contributed by atoms with Crippen LogP contribution in [0.3, 0.4) is 0 Å². The molecular formula is C11H13BrN2O3. The van der Waals surface area contributed by atoms with Gasteiger partial charge in [-0.15, -0.1) is 0 Å². The van der Waals surface area contributed by atoms with Gasteiger partial charge >= 0.3 is 0 Å². The van der Waals surface area contributed by atoms with Gasteiger partial charge in [0.1, 0.15) is 0 Å². The van der Waals surface area contributed by atoms with E-state index in [0.29, 0.717) is 30.2 Å². The Bertz CT molecular complexity index is 437. The van der Waals surface area contributed by atoms with E-state index in [-0.39, 0.29) is 12.7 Å². The van der Waals surface area contributed by atoms with Crippen LogP contribution in [0.25, 0.3) is 0 Å². The van der Waals surface area contributed by atoms with Crippen molar-refractivity contribution < 1.29 is 14.3 Å². The average Bonchev–Trinajstić information content (AvgIpc) is 2.77. The predicted molar refractivity (Wildman–Crippen MR) is 66.3 cm³/mol. The lowest BCUT2D eigenvalue weighted by molar-refractivity contribution is 0.0953. The topological polar surface area (TPSA) is 73.6 Å². The molecule has 0 radical (unpaired) electrons. The Balaban J connectivity index is 2.11. The van der Waals surface area contributed by atoms with E-state index in [2.05, 4.69) is 21.2 Å². The van der Waals surface area contributed by atoms with E-state index in [0.717, 1.165) is 10.9 Å². The normalized spacial score (nSPS) is 12.6. The van der Waals surface area contributed by atoms with Gasteiger partial charge in [0.05, 0.1) is 4.47 Å². The van der Waals surface area contributed by atoms with Crippen LogP contribution in [0.15, 0.2) is 16.6 Å². The molecule has 0 aliphatic carbocycles. The summed E-state index contributed by atoms with van der Waals surface area (Å²) in [6.45, 7) is 1.32. The third-order valence-electron chi connectivity index (χ3n) is 2.36. The minimum absolute atomic E-state index is 0.141. The van der Waals surface area contributed by atoms with Crippen LogP contribution in [0.4, 0.5) is 0 Å². The van der Waals surface area contributed by atoms with Crippen LogP contribution in [0.1, 0.15) is 16.8 Å². The van der Waals surface area contributed by atoms with Crippen molar-refractivity contribution in [3.63, 3.8) is 0 Å². The molecule has 1 aromatic rings. The summed E-state index contributed by atoms with van der Waals surface area (Å²) in [5.41, 5.74) is 5.90. The number of hydrogen-bond acceptors (Lipinski definition) is 4. The highest BCUT2D eigenvalue weighted by atomic mass is 79.9. The highest BCUT2D eigenvalue weighted by Gasteiger charge is 2.20. The summed E-state index contributed by atoms with van der Waals surface area (Å²) in [6, 6.07) is 3.39. The quantitative estimate of drug-likeness (QED) is 0.821. The Morgan fingerprint density at radius 2 is 2.29 bits per heavy atom. The van der Waals surface area contributed by atoms with Gasteiger partial charge in [0, 0.05) is 12.1 Å². The van der Waals surface area contributed by atoms with Gasteiger partial charge in [-0.1, -0.05) is 0 Å². The molecule has 6 heteroatoms. The SMILES string of the molecule is NCCCNC(=O)c1cc(Br)c2c(c1)OCO2. The van der Waals surface area contributed by atoms with E-state index in [1.165, 1.54) is 0 Å². The number of rotatable bonds is 4. The smallest absolute Gasteiger partial charge is 0.251 e. The second kappa shape index (κ2) is 5.37. The van der Waals surface area contributed by atoms with Crippen molar-refractivity contribution in [1.29, 1.82) is 0 Å². The number of fused-ring (bicyclic) bond motifs is 1. The van der Waals surface area contributed by atoms with E-state index in [1.807, 2.05) is 0 Å². The molecule has 92 valence electrons. The van der Waals surface area contributed by atoms with E-state index < -0.39 is 0 Å². The Labute approximate surface area is 107 Å². The summed E-state index contributed by atoms with van der Waals surface area (Å²) in [6.07, 6.45) is 0.761. The molecule has 1 aliphatic rings. The summed E-state index contributed by atoms with van der Waals surface area (Å²) in [7, 11) is 0. The zero-order valence-electron chi connectivity index (χ0n) is 9.16. The monoisotopic (exact) mass is 300 g/mol. The van der Waals surface area contributed by atoms with Crippen LogP contribution in [-0.4, -0.2) is 25.8 Å². The van der Waals surface area contributed by atoms with Gasteiger partial charge in [0.15, 0.2) is 11.5 Å². The molecule has 1 amide bonds. The summed E-state index contributed by atoms with van der Waals surface area (Å²) in [4.78, 5) is 11.8. The number of nitrogens with two attached hydrogens (primary N) is 1. The van der Waals surface area contributed by atoms with Crippen LogP contribution in [0.5, 0.6) is 11.5 Å². The first-order chi connectivity index (χ1) is 8.22. The number of amides is 1. The lowest BCUT2D eigenvalue weighted by Crippen LogP contribution is -2.25. The first-order valence-electron chi connectivity index (χ1n) is 5.30. The summed E-state index contributed by atoms with van der Waals surface area (Å²) < 4.78 is 11.2. The highest BCUT2D eigenvalue weighted by Crippen LogP contribution is 2.39. The third kappa shape index (κ3) is 2.70. The molecular weight excluding hydrogens is 288 g/mol. The summed E-state index contributed by atoms with van der Waals surface area (Å²) in [5.74, 6) is 1.09. The summed E-state index contributed by atoms with van der Waals surface area (Å²) >= 11 is 3.34. The summed E-state index contributed by atoms with van der Waals surface area (Å²) in [5, 5.41) is 2.78. The first-order valence-corrected chi connectivity index (χ1v) is 6.09. The fraction of sp³-hybridized carbons (Fsp3) is 0.364. The molecule has 0 aromatic heterocycles. The number of nitrogens with one attached hydrogen (secondary N) is 1. The molecule has 0 unspecified atom stereocenters. The number of carbonyl (C=O) groups is 1. The van der Waals surface area contributed by atoms with Crippen molar-refractivity contribution in [1.82, 2.24) is 5.32 Å². The number of carbonyl (C=O) groups excluding carboxylic acids is 1. The molecule has 5 nitrogen and oxygen atoms in total. The van der Waals surface area contributed by atoms with E-state index in [4.69, 9.17) is 15.2 Å². The lowest BCUT2D eigenvalue weighted by atomic mass is 10.2. The van der Waals surface area contributed by atoms with Crippen LogP contribution in [-0.2, 0) is 0 Å². The van der Waals surface area contributed by atoms with Crippen LogP contribution in [0.2, 0.25) is 0 Å².